The van der Waals surface area contributed by atoms with Crippen LogP contribution in [0.2, 0.25) is 5.02 Å². The van der Waals surface area contributed by atoms with Crippen molar-refractivity contribution in [3.05, 3.63) is 28.8 Å². The highest BCUT2D eigenvalue weighted by atomic mass is 35.5. The molecule has 0 atom stereocenters. The fourth-order valence-corrected chi connectivity index (χ4v) is 1.79. The summed E-state index contributed by atoms with van der Waals surface area (Å²) in [5, 5.41) is 12.0. The van der Waals surface area contributed by atoms with E-state index >= 15 is 0 Å². The summed E-state index contributed by atoms with van der Waals surface area (Å²) in [5.74, 6) is 0. The minimum atomic E-state index is -0.533. The minimum absolute atomic E-state index is 0.133. The number of carbonyl (C=O) groups is 1. The van der Waals surface area contributed by atoms with Gasteiger partial charge >= 0.3 is 6.09 Å². The Balaban J connectivity index is 2.65. The van der Waals surface area contributed by atoms with Gasteiger partial charge in [0.15, 0.2) is 0 Å². The zero-order valence-electron chi connectivity index (χ0n) is 11.5. The van der Waals surface area contributed by atoms with Crippen molar-refractivity contribution in [2.45, 2.75) is 39.2 Å². The molecule has 0 aliphatic heterocycles. The molecule has 4 nitrogen and oxygen atoms in total. The Morgan fingerprint density at radius 1 is 1.42 bits per heavy atom. The van der Waals surface area contributed by atoms with Gasteiger partial charge in [-0.1, -0.05) is 17.7 Å². The second kappa shape index (κ2) is 6.78. The van der Waals surface area contributed by atoms with Crippen LogP contribution < -0.4 is 5.32 Å². The first-order valence-electron chi connectivity index (χ1n) is 6.21. The molecule has 0 unspecified atom stereocenters. The van der Waals surface area contributed by atoms with E-state index in [-0.39, 0.29) is 6.61 Å². The first-order valence-corrected chi connectivity index (χ1v) is 6.59. The summed E-state index contributed by atoms with van der Waals surface area (Å²) in [6.45, 7) is 5.54. The number of amides is 1. The van der Waals surface area contributed by atoms with Crippen molar-refractivity contribution in [3.8, 4) is 0 Å². The third-order valence-electron chi connectivity index (χ3n) is 2.30. The van der Waals surface area contributed by atoms with Crippen LogP contribution in [0, 0.1) is 0 Å². The molecule has 0 saturated heterocycles. The molecule has 1 aromatic carbocycles. The lowest BCUT2D eigenvalue weighted by Gasteiger charge is -2.19. The predicted octanol–water partition coefficient (Wildman–Crippen LogP) is 3.61. The monoisotopic (exact) mass is 285 g/mol. The number of rotatable bonds is 4. The molecule has 0 radical (unpaired) electrons. The Bertz CT molecular complexity index is 441. The summed E-state index contributed by atoms with van der Waals surface area (Å²) in [5.41, 5.74) is 1.01. The van der Waals surface area contributed by atoms with Gasteiger partial charge in [-0.3, -0.25) is 5.32 Å². The van der Waals surface area contributed by atoms with Crippen molar-refractivity contribution in [3.63, 3.8) is 0 Å². The molecule has 1 rings (SSSR count). The number of nitrogens with one attached hydrogen (secondary N) is 1. The van der Waals surface area contributed by atoms with Crippen LogP contribution in [0.15, 0.2) is 18.2 Å². The molecular weight excluding hydrogens is 266 g/mol. The summed E-state index contributed by atoms with van der Waals surface area (Å²) in [6.07, 6.45) is 0.868. The van der Waals surface area contributed by atoms with E-state index in [1.807, 2.05) is 6.07 Å². The van der Waals surface area contributed by atoms with Crippen LogP contribution in [0.3, 0.4) is 0 Å². The molecule has 19 heavy (non-hydrogen) atoms. The predicted molar refractivity (Wildman–Crippen MR) is 76.7 cm³/mol. The average molecular weight is 286 g/mol. The topological polar surface area (TPSA) is 58.6 Å². The number of carbonyl (C=O) groups excluding carboxylic acids is 1. The fourth-order valence-electron chi connectivity index (χ4n) is 1.52. The second-order valence-corrected chi connectivity index (χ2v) is 5.67. The molecule has 0 fully saturated rings. The standard InChI is InChI=1S/C14H20ClNO3/c1-14(2,3)19-13(18)16-11-7-6-10(5-4-8-17)12(15)9-11/h6-7,9,17H,4-5,8H2,1-3H3,(H,16,18). The first-order chi connectivity index (χ1) is 8.81. The number of halogens is 1. The summed E-state index contributed by atoms with van der Waals surface area (Å²) < 4.78 is 5.15. The molecule has 0 spiro atoms. The van der Waals surface area contributed by atoms with Crippen LogP contribution in [-0.2, 0) is 11.2 Å². The van der Waals surface area contributed by atoms with Gasteiger partial charge in [0.05, 0.1) is 0 Å². The number of aryl methyl sites for hydroxylation is 1. The molecule has 0 saturated carbocycles. The van der Waals surface area contributed by atoms with Gasteiger partial charge in [0.25, 0.3) is 0 Å². The summed E-state index contributed by atoms with van der Waals surface area (Å²) in [7, 11) is 0. The Kier molecular flexibility index (Phi) is 5.63. The highest BCUT2D eigenvalue weighted by molar-refractivity contribution is 6.31. The van der Waals surface area contributed by atoms with Crippen LogP contribution in [0.5, 0.6) is 0 Å². The van der Waals surface area contributed by atoms with Crippen LogP contribution in [-0.4, -0.2) is 23.4 Å². The molecule has 0 aliphatic carbocycles. The summed E-state index contributed by atoms with van der Waals surface area (Å²) >= 11 is 6.11. The number of hydrogen-bond acceptors (Lipinski definition) is 3. The lowest BCUT2D eigenvalue weighted by atomic mass is 10.1. The molecule has 5 heteroatoms. The quantitative estimate of drug-likeness (QED) is 0.888. The number of ether oxygens (including phenoxy) is 1. The summed E-state index contributed by atoms with van der Waals surface area (Å²) in [6, 6.07) is 5.28. The van der Waals surface area contributed by atoms with E-state index in [1.54, 1.807) is 32.9 Å². The van der Waals surface area contributed by atoms with Gasteiger partial charge in [-0.25, -0.2) is 4.79 Å². The van der Waals surface area contributed by atoms with Gasteiger partial charge < -0.3 is 9.84 Å². The molecule has 0 heterocycles. The van der Waals surface area contributed by atoms with Crippen molar-refractivity contribution in [2.24, 2.45) is 0 Å². The van der Waals surface area contributed by atoms with Crippen LogP contribution >= 0.6 is 11.6 Å². The minimum Gasteiger partial charge on any atom is -0.444 e. The average Bonchev–Trinajstić information content (AvgIpc) is 2.25. The van der Waals surface area contributed by atoms with Gasteiger partial charge in [-0.15, -0.1) is 0 Å². The third-order valence-corrected chi connectivity index (χ3v) is 2.65. The van der Waals surface area contributed by atoms with Crippen LogP contribution in [0.4, 0.5) is 10.5 Å². The smallest absolute Gasteiger partial charge is 0.412 e. The molecule has 0 aromatic heterocycles. The maximum atomic E-state index is 11.6. The van der Waals surface area contributed by atoms with Crippen molar-refractivity contribution in [2.75, 3.05) is 11.9 Å². The lowest BCUT2D eigenvalue weighted by Crippen LogP contribution is -2.27. The number of hydrogen-bond donors (Lipinski definition) is 2. The Morgan fingerprint density at radius 2 is 2.11 bits per heavy atom. The molecule has 0 bridgehead atoms. The maximum absolute atomic E-state index is 11.6. The zero-order valence-corrected chi connectivity index (χ0v) is 12.3. The number of benzene rings is 1. The molecule has 1 amide bonds. The zero-order chi connectivity index (χ0) is 14.5. The highest BCUT2D eigenvalue weighted by Gasteiger charge is 2.16. The largest absolute Gasteiger partial charge is 0.444 e. The van der Waals surface area contributed by atoms with Gasteiger partial charge in [0, 0.05) is 17.3 Å². The van der Waals surface area contributed by atoms with Crippen molar-refractivity contribution in [1.82, 2.24) is 0 Å². The second-order valence-electron chi connectivity index (χ2n) is 5.26. The molecule has 2 N–H and O–H groups in total. The lowest BCUT2D eigenvalue weighted by molar-refractivity contribution is 0.0636. The van der Waals surface area contributed by atoms with Crippen molar-refractivity contribution >= 4 is 23.4 Å². The Hall–Kier alpha value is -1.26. The van der Waals surface area contributed by atoms with Crippen molar-refractivity contribution in [1.29, 1.82) is 0 Å². The fraction of sp³-hybridized carbons (Fsp3) is 0.500. The maximum Gasteiger partial charge on any atom is 0.412 e. The SMILES string of the molecule is CC(C)(C)OC(=O)Nc1ccc(CCCO)c(Cl)c1. The van der Waals surface area contributed by atoms with E-state index in [0.717, 1.165) is 5.56 Å². The number of aliphatic hydroxyl groups excluding tert-OH is 1. The first kappa shape index (κ1) is 15.8. The van der Waals surface area contributed by atoms with E-state index in [1.165, 1.54) is 0 Å². The normalized spacial score (nSPS) is 11.2. The van der Waals surface area contributed by atoms with E-state index in [2.05, 4.69) is 5.32 Å². The summed E-state index contributed by atoms with van der Waals surface area (Å²) in [4.78, 5) is 11.6. The molecule has 106 valence electrons. The van der Waals surface area contributed by atoms with Gasteiger partial charge in [-0.05, 0) is 51.3 Å². The molecule has 0 aliphatic rings. The third kappa shape index (κ3) is 5.94. The molecular formula is C14H20ClNO3. The Labute approximate surface area is 118 Å². The van der Waals surface area contributed by atoms with Gasteiger partial charge in [0.2, 0.25) is 0 Å². The van der Waals surface area contributed by atoms with E-state index in [0.29, 0.717) is 23.6 Å². The Morgan fingerprint density at radius 3 is 2.63 bits per heavy atom. The van der Waals surface area contributed by atoms with E-state index in [9.17, 15) is 4.79 Å². The van der Waals surface area contributed by atoms with E-state index < -0.39 is 11.7 Å². The highest BCUT2D eigenvalue weighted by Crippen LogP contribution is 2.22. The van der Waals surface area contributed by atoms with Crippen LogP contribution in [0.1, 0.15) is 32.8 Å². The van der Waals surface area contributed by atoms with Crippen LogP contribution in [0.25, 0.3) is 0 Å². The molecule has 1 aromatic rings. The number of aliphatic hydroxyl groups is 1. The van der Waals surface area contributed by atoms with Crippen molar-refractivity contribution < 1.29 is 14.6 Å². The van der Waals surface area contributed by atoms with Gasteiger partial charge in [-0.2, -0.15) is 0 Å². The van der Waals surface area contributed by atoms with E-state index in [4.69, 9.17) is 21.4 Å². The van der Waals surface area contributed by atoms with Gasteiger partial charge in [0.1, 0.15) is 5.60 Å². The number of anilines is 1.